The summed E-state index contributed by atoms with van der Waals surface area (Å²) in [7, 11) is 0. The molecule has 0 aliphatic carbocycles. The molecule has 2 aromatic carbocycles. The van der Waals surface area contributed by atoms with Crippen LogP contribution in [0.5, 0.6) is 0 Å². The van der Waals surface area contributed by atoms with E-state index in [1.165, 1.54) is 0 Å². The Morgan fingerprint density at radius 2 is 1.50 bits per heavy atom. The number of amides is 1. The van der Waals surface area contributed by atoms with Gasteiger partial charge in [-0.05, 0) is 17.7 Å². The molecule has 112 valence electrons. The first kappa shape index (κ1) is 13.5. The van der Waals surface area contributed by atoms with Crippen LogP contribution in [0.15, 0.2) is 60.7 Å². The molecule has 2 aliphatic heterocycles. The highest BCUT2D eigenvalue weighted by atomic mass is 16.7. The van der Waals surface area contributed by atoms with Crippen molar-refractivity contribution in [2.75, 3.05) is 18.1 Å². The van der Waals surface area contributed by atoms with E-state index in [4.69, 9.17) is 9.47 Å². The normalized spacial score (nSPS) is 23.4. The van der Waals surface area contributed by atoms with Gasteiger partial charge in [-0.2, -0.15) is 0 Å². The van der Waals surface area contributed by atoms with Crippen LogP contribution in [0.2, 0.25) is 0 Å². The largest absolute Gasteiger partial charge is 0.340 e. The number of hydrogen-bond acceptors (Lipinski definition) is 3. The molecule has 0 N–H and O–H groups in total. The summed E-state index contributed by atoms with van der Waals surface area (Å²) < 4.78 is 11.4. The number of benzene rings is 2. The minimum atomic E-state index is -1.11. The monoisotopic (exact) mass is 295 g/mol. The molecule has 0 unspecified atom stereocenters. The van der Waals surface area contributed by atoms with E-state index in [1.54, 1.807) is 4.90 Å². The van der Waals surface area contributed by atoms with Crippen LogP contribution < -0.4 is 4.90 Å². The minimum Gasteiger partial charge on any atom is -0.340 e. The van der Waals surface area contributed by atoms with Gasteiger partial charge >= 0.3 is 0 Å². The summed E-state index contributed by atoms with van der Waals surface area (Å²) in [6.07, 6.45) is 0.519. The van der Waals surface area contributed by atoms with Crippen LogP contribution >= 0.6 is 0 Å². The van der Waals surface area contributed by atoms with Gasteiger partial charge in [0.15, 0.2) is 0 Å². The van der Waals surface area contributed by atoms with Crippen LogP contribution in [-0.4, -0.2) is 24.9 Å². The first-order chi connectivity index (χ1) is 10.8. The molecule has 4 heteroatoms. The summed E-state index contributed by atoms with van der Waals surface area (Å²) in [5.74, 6) is -1.22. The molecule has 22 heavy (non-hydrogen) atoms. The Hall–Kier alpha value is -2.17. The molecule has 0 radical (unpaired) electrons. The average Bonchev–Trinajstić information content (AvgIpc) is 3.16. The van der Waals surface area contributed by atoms with Gasteiger partial charge in [0.05, 0.1) is 19.3 Å². The predicted molar refractivity (Wildman–Crippen MR) is 82.4 cm³/mol. The molecule has 1 amide bonds. The minimum absolute atomic E-state index is 0.0748. The second-order valence-electron chi connectivity index (χ2n) is 5.59. The Morgan fingerprint density at radius 3 is 2.14 bits per heavy atom. The summed E-state index contributed by atoms with van der Waals surface area (Å²) >= 11 is 0. The van der Waals surface area contributed by atoms with Crippen molar-refractivity contribution < 1.29 is 14.3 Å². The van der Waals surface area contributed by atoms with Gasteiger partial charge in [-0.15, -0.1) is 0 Å². The Balaban J connectivity index is 1.79. The highest BCUT2D eigenvalue weighted by molar-refractivity contribution is 6.02. The molecule has 1 atom stereocenters. The van der Waals surface area contributed by atoms with Crippen molar-refractivity contribution in [2.45, 2.75) is 18.2 Å². The number of rotatable bonds is 2. The molecular formula is C18H17NO3. The van der Waals surface area contributed by atoms with Gasteiger partial charge < -0.3 is 14.4 Å². The molecule has 2 saturated heterocycles. The zero-order valence-corrected chi connectivity index (χ0v) is 12.1. The summed E-state index contributed by atoms with van der Waals surface area (Å²) in [5.41, 5.74) is 1.97. The van der Waals surface area contributed by atoms with Gasteiger partial charge in [-0.1, -0.05) is 48.5 Å². The highest BCUT2D eigenvalue weighted by Crippen LogP contribution is 2.45. The van der Waals surface area contributed by atoms with Crippen molar-refractivity contribution in [3.8, 4) is 0 Å². The van der Waals surface area contributed by atoms with Crippen LogP contribution in [0, 0.1) is 0 Å². The zero-order valence-electron chi connectivity index (χ0n) is 12.1. The van der Waals surface area contributed by atoms with E-state index in [2.05, 4.69) is 0 Å². The third-order valence-electron chi connectivity index (χ3n) is 4.29. The predicted octanol–water partition coefficient (Wildman–Crippen LogP) is 2.91. The lowest BCUT2D eigenvalue weighted by Gasteiger charge is -2.25. The highest BCUT2D eigenvalue weighted by Gasteiger charge is 2.56. The fraction of sp³-hybridized carbons (Fsp3) is 0.278. The van der Waals surface area contributed by atoms with E-state index < -0.39 is 5.79 Å². The fourth-order valence-electron chi connectivity index (χ4n) is 3.28. The van der Waals surface area contributed by atoms with E-state index in [1.807, 2.05) is 60.7 Å². The molecule has 2 aliphatic rings. The number of anilines is 1. The van der Waals surface area contributed by atoms with Gasteiger partial charge in [0.2, 0.25) is 0 Å². The Bertz CT molecular complexity index is 665. The molecule has 0 saturated carbocycles. The summed E-state index contributed by atoms with van der Waals surface area (Å²) in [6.45, 7) is 0.936. The van der Waals surface area contributed by atoms with Crippen molar-refractivity contribution in [3.05, 3.63) is 66.2 Å². The maximum Gasteiger partial charge on any atom is 0.287 e. The number of carbonyl (C=O) groups excluding carboxylic acids is 1. The molecule has 1 spiro atoms. The van der Waals surface area contributed by atoms with E-state index in [9.17, 15) is 4.79 Å². The topological polar surface area (TPSA) is 38.8 Å². The zero-order chi connectivity index (χ0) is 15.0. The molecule has 2 fully saturated rings. The molecule has 4 nitrogen and oxygen atoms in total. The Labute approximate surface area is 129 Å². The van der Waals surface area contributed by atoms with Crippen LogP contribution in [0.25, 0.3) is 0 Å². The quantitative estimate of drug-likeness (QED) is 0.855. The van der Waals surface area contributed by atoms with E-state index >= 15 is 0 Å². The Kier molecular flexibility index (Phi) is 3.21. The summed E-state index contributed by atoms with van der Waals surface area (Å²) in [4.78, 5) is 14.8. The molecule has 0 aromatic heterocycles. The maximum absolute atomic E-state index is 13.0. The van der Waals surface area contributed by atoms with Crippen molar-refractivity contribution in [3.63, 3.8) is 0 Å². The van der Waals surface area contributed by atoms with E-state index in [-0.39, 0.29) is 11.9 Å². The molecule has 0 bridgehead atoms. The van der Waals surface area contributed by atoms with Gasteiger partial charge in [0, 0.05) is 12.1 Å². The van der Waals surface area contributed by atoms with Gasteiger partial charge in [0.25, 0.3) is 11.7 Å². The van der Waals surface area contributed by atoms with Crippen molar-refractivity contribution in [2.24, 2.45) is 0 Å². The van der Waals surface area contributed by atoms with Crippen LogP contribution in [0.3, 0.4) is 0 Å². The van der Waals surface area contributed by atoms with E-state index in [0.29, 0.717) is 19.6 Å². The standard InChI is InChI=1S/C18H17NO3/c20-17-18(21-11-12-22-18)13-16(14-7-3-1-4-8-14)19(17)15-9-5-2-6-10-15/h1-10,16H,11-13H2/t16-/m1/s1. The van der Waals surface area contributed by atoms with Crippen molar-refractivity contribution >= 4 is 11.6 Å². The second-order valence-corrected chi connectivity index (χ2v) is 5.59. The second kappa shape index (κ2) is 5.23. The lowest BCUT2D eigenvalue weighted by molar-refractivity contribution is -0.173. The first-order valence-electron chi connectivity index (χ1n) is 7.52. The lowest BCUT2D eigenvalue weighted by atomic mass is 10.0. The van der Waals surface area contributed by atoms with Gasteiger partial charge in [-0.3, -0.25) is 4.79 Å². The van der Waals surface area contributed by atoms with Crippen molar-refractivity contribution in [1.82, 2.24) is 0 Å². The number of nitrogens with zero attached hydrogens (tertiary/aromatic N) is 1. The average molecular weight is 295 g/mol. The first-order valence-corrected chi connectivity index (χ1v) is 7.52. The van der Waals surface area contributed by atoms with Crippen LogP contribution in [-0.2, 0) is 14.3 Å². The number of carbonyl (C=O) groups is 1. The lowest BCUT2D eigenvalue weighted by Crippen LogP contribution is -2.41. The summed E-state index contributed by atoms with van der Waals surface area (Å²) in [5, 5.41) is 0. The number of para-hydroxylation sites is 1. The van der Waals surface area contributed by atoms with E-state index in [0.717, 1.165) is 11.3 Å². The molecular weight excluding hydrogens is 278 g/mol. The smallest absolute Gasteiger partial charge is 0.287 e. The fourth-order valence-corrected chi connectivity index (χ4v) is 3.28. The van der Waals surface area contributed by atoms with Crippen molar-refractivity contribution in [1.29, 1.82) is 0 Å². The Morgan fingerprint density at radius 1 is 0.909 bits per heavy atom. The third-order valence-corrected chi connectivity index (χ3v) is 4.29. The SMILES string of the molecule is O=C1N(c2ccccc2)[C@@H](c2ccccc2)CC12OCCO2. The van der Waals surface area contributed by atoms with Gasteiger partial charge in [-0.25, -0.2) is 0 Å². The molecule has 2 aromatic rings. The number of ether oxygens (including phenoxy) is 2. The third kappa shape index (κ3) is 2.03. The van der Waals surface area contributed by atoms with Gasteiger partial charge in [0.1, 0.15) is 0 Å². The molecule has 2 heterocycles. The van der Waals surface area contributed by atoms with Crippen LogP contribution in [0.1, 0.15) is 18.0 Å². The summed E-state index contributed by atoms with van der Waals surface area (Å²) in [6, 6.07) is 19.7. The molecule has 4 rings (SSSR count). The maximum atomic E-state index is 13.0. The van der Waals surface area contributed by atoms with Crippen LogP contribution in [0.4, 0.5) is 5.69 Å². The number of hydrogen-bond donors (Lipinski definition) is 0.